The van der Waals surface area contributed by atoms with Gasteiger partial charge in [-0.1, -0.05) is 23.7 Å². The third kappa shape index (κ3) is 5.53. The van der Waals surface area contributed by atoms with E-state index in [-0.39, 0.29) is 24.5 Å². The Morgan fingerprint density at radius 1 is 1.12 bits per heavy atom. The predicted molar refractivity (Wildman–Crippen MR) is 106 cm³/mol. The van der Waals surface area contributed by atoms with E-state index in [1.54, 1.807) is 24.3 Å². The molecule has 2 rings (SSSR count). The van der Waals surface area contributed by atoms with Crippen LogP contribution < -0.4 is 0 Å². The van der Waals surface area contributed by atoms with Crippen LogP contribution in [0.4, 0.5) is 0 Å². The molecular weight excluding hydrogens is 350 g/mol. The van der Waals surface area contributed by atoms with Crippen LogP contribution in [0.15, 0.2) is 24.3 Å². The van der Waals surface area contributed by atoms with Crippen LogP contribution in [0.2, 0.25) is 5.02 Å². The number of hydrogen-bond acceptors (Lipinski definition) is 4. The number of carbonyl (C=O) groups excluding carboxylic acids is 2. The molecule has 6 heteroatoms. The number of carbonyl (C=O) groups is 2. The molecule has 1 fully saturated rings. The van der Waals surface area contributed by atoms with Gasteiger partial charge in [0.25, 0.3) is 0 Å². The Labute approximate surface area is 161 Å². The molecule has 2 atom stereocenters. The Kier molecular flexibility index (Phi) is 7.62. The first-order valence-corrected chi connectivity index (χ1v) is 9.63. The second kappa shape index (κ2) is 9.49. The van der Waals surface area contributed by atoms with Crippen molar-refractivity contribution in [3.63, 3.8) is 0 Å². The number of ketones is 1. The van der Waals surface area contributed by atoms with Crippen LogP contribution in [0, 0.1) is 0 Å². The number of amides is 1. The van der Waals surface area contributed by atoms with E-state index >= 15 is 0 Å². The number of benzene rings is 1. The van der Waals surface area contributed by atoms with E-state index in [4.69, 9.17) is 11.6 Å². The molecule has 1 saturated heterocycles. The van der Waals surface area contributed by atoms with E-state index in [1.807, 2.05) is 4.90 Å². The molecule has 1 amide bonds. The van der Waals surface area contributed by atoms with Crippen molar-refractivity contribution in [3.8, 4) is 0 Å². The van der Waals surface area contributed by atoms with Gasteiger partial charge in [-0.2, -0.15) is 0 Å². The van der Waals surface area contributed by atoms with Crippen LogP contribution in [-0.4, -0.2) is 78.7 Å². The summed E-state index contributed by atoms with van der Waals surface area (Å²) in [6, 6.07) is 7.64. The smallest absolute Gasteiger partial charge is 0.223 e. The highest BCUT2D eigenvalue weighted by atomic mass is 35.5. The minimum absolute atomic E-state index is 0.0522. The Hall–Kier alpha value is -1.43. The van der Waals surface area contributed by atoms with Crippen molar-refractivity contribution in [2.24, 2.45) is 0 Å². The van der Waals surface area contributed by atoms with Crippen molar-refractivity contribution in [3.05, 3.63) is 34.9 Å². The third-order valence-electron chi connectivity index (χ3n) is 5.00. The maximum absolute atomic E-state index is 12.6. The lowest BCUT2D eigenvalue weighted by Crippen LogP contribution is -2.59. The van der Waals surface area contributed by atoms with Crippen LogP contribution in [0.3, 0.4) is 0 Å². The van der Waals surface area contributed by atoms with Gasteiger partial charge in [0, 0.05) is 56.7 Å². The van der Waals surface area contributed by atoms with Crippen molar-refractivity contribution in [1.82, 2.24) is 14.7 Å². The van der Waals surface area contributed by atoms with Gasteiger partial charge in [0.2, 0.25) is 5.91 Å². The molecule has 1 heterocycles. The first-order valence-electron chi connectivity index (χ1n) is 9.25. The summed E-state index contributed by atoms with van der Waals surface area (Å²) in [5.74, 6) is -0.0222. The summed E-state index contributed by atoms with van der Waals surface area (Å²) in [5, 5.41) is 0.446. The van der Waals surface area contributed by atoms with E-state index in [2.05, 4.69) is 37.7 Å². The Morgan fingerprint density at radius 2 is 1.73 bits per heavy atom. The summed E-state index contributed by atoms with van der Waals surface area (Å²) in [5.41, 5.74) is 0.497. The zero-order valence-corrected chi connectivity index (χ0v) is 17.0. The monoisotopic (exact) mass is 379 g/mol. The largest absolute Gasteiger partial charge is 0.340 e. The molecule has 5 nitrogen and oxygen atoms in total. The zero-order valence-electron chi connectivity index (χ0n) is 16.2. The average molecular weight is 380 g/mol. The highest BCUT2D eigenvalue weighted by Gasteiger charge is 2.31. The van der Waals surface area contributed by atoms with Gasteiger partial charge in [-0.05, 0) is 40.1 Å². The van der Waals surface area contributed by atoms with Gasteiger partial charge in [-0.3, -0.25) is 14.5 Å². The number of likely N-dealkylation sites (N-methyl/N-ethyl adjacent to an activating group) is 1. The van der Waals surface area contributed by atoms with Gasteiger partial charge in [-0.25, -0.2) is 0 Å². The van der Waals surface area contributed by atoms with Gasteiger partial charge in [0.15, 0.2) is 5.78 Å². The van der Waals surface area contributed by atoms with Crippen LogP contribution in [0.5, 0.6) is 0 Å². The molecule has 26 heavy (non-hydrogen) atoms. The predicted octanol–water partition coefficient (Wildman–Crippen LogP) is 2.79. The van der Waals surface area contributed by atoms with Crippen molar-refractivity contribution < 1.29 is 9.59 Å². The summed E-state index contributed by atoms with van der Waals surface area (Å²) in [6.45, 7) is 7.78. The van der Waals surface area contributed by atoms with Gasteiger partial charge in [-0.15, -0.1) is 0 Å². The summed E-state index contributed by atoms with van der Waals surface area (Å²) in [7, 11) is 4.15. The lowest BCUT2D eigenvalue weighted by atomic mass is 10.0. The zero-order chi connectivity index (χ0) is 19.3. The normalized spacial score (nSPS) is 21.2. The number of halogens is 1. The lowest BCUT2D eigenvalue weighted by molar-refractivity contribution is -0.135. The fourth-order valence-electron chi connectivity index (χ4n) is 3.52. The third-order valence-corrected chi connectivity index (χ3v) is 5.33. The molecule has 1 aliphatic rings. The Morgan fingerprint density at radius 3 is 2.31 bits per heavy atom. The minimum Gasteiger partial charge on any atom is -0.340 e. The minimum atomic E-state index is -0.0744. The van der Waals surface area contributed by atoms with E-state index < -0.39 is 0 Å². The molecule has 0 aliphatic carbocycles. The van der Waals surface area contributed by atoms with Gasteiger partial charge < -0.3 is 9.80 Å². The molecule has 0 radical (unpaired) electrons. The number of piperazine rings is 1. The van der Waals surface area contributed by atoms with E-state index in [0.29, 0.717) is 22.7 Å². The van der Waals surface area contributed by atoms with E-state index in [0.717, 1.165) is 26.2 Å². The maximum atomic E-state index is 12.6. The van der Waals surface area contributed by atoms with Crippen LogP contribution in [-0.2, 0) is 4.79 Å². The van der Waals surface area contributed by atoms with Crippen LogP contribution in [0.25, 0.3) is 0 Å². The van der Waals surface area contributed by atoms with Gasteiger partial charge >= 0.3 is 0 Å². The van der Waals surface area contributed by atoms with Crippen molar-refractivity contribution in [2.45, 2.75) is 38.8 Å². The fraction of sp³-hybridized carbons (Fsp3) is 0.600. The summed E-state index contributed by atoms with van der Waals surface area (Å²) in [4.78, 5) is 31.5. The fourth-order valence-corrected chi connectivity index (χ4v) is 3.76. The van der Waals surface area contributed by atoms with Gasteiger partial charge in [0.05, 0.1) is 5.02 Å². The summed E-state index contributed by atoms with van der Waals surface area (Å²) < 4.78 is 0. The first-order chi connectivity index (χ1) is 12.3. The topological polar surface area (TPSA) is 43.9 Å². The highest BCUT2D eigenvalue weighted by Crippen LogP contribution is 2.19. The average Bonchev–Trinajstić information content (AvgIpc) is 2.58. The Bertz CT molecular complexity index is 623. The number of rotatable bonds is 7. The second-order valence-corrected chi connectivity index (χ2v) is 7.85. The summed E-state index contributed by atoms with van der Waals surface area (Å²) in [6.07, 6.45) is 0.438. The molecule has 0 bridgehead atoms. The maximum Gasteiger partial charge on any atom is 0.223 e. The van der Waals surface area contributed by atoms with Crippen molar-refractivity contribution in [2.75, 3.05) is 40.3 Å². The molecule has 144 valence electrons. The molecule has 1 aromatic rings. The van der Waals surface area contributed by atoms with Crippen molar-refractivity contribution in [1.29, 1.82) is 0 Å². The number of hydrogen-bond donors (Lipinski definition) is 0. The molecule has 1 aliphatic heterocycles. The van der Waals surface area contributed by atoms with Crippen LogP contribution in [0.1, 0.15) is 37.0 Å². The first kappa shape index (κ1) is 20.9. The standard InChI is InChI=1S/C20H30ClN3O2/c1-15-13-23(14-16(2)24(15)12-11-22(3)4)20(26)10-9-19(25)17-7-5-6-8-18(17)21/h5-8,15-16H,9-14H2,1-4H3. The second-order valence-electron chi connectivity index (χ2n) is 7.44. The quantitative estimate of drug-likeness (QED) is 0.683. The van der Waals surface area contributed by atoms with E-state index in [9.17, 15) is 9.59 Å². The molecule has 0 spiro atoms. The lowest BCUT2D eigenvalue weighted by Gasteiger charge is -2.44. The van der Waals surface area contributed by atoms with E-state index in [1.165, 1.54) is 0 Å². The van der Waals surface area contributed by atoms with Gasteiger partial charge in [0.1, 0.15) is 0 Å². The molecule has 2 unspecified atom stereocenters. The number of Topliss-reactive ketones (excluding diaryl/α,β-unsaturated/α-hetero) is 1. The number of nitrogens with zero attached hydrogens (tertiary/aromatic N) is 3. The SMILES string of the molecule is CC1CN(C(=O)CCC(=O)c2ccccc2Cl)CC(C)N1CCN(C)C. The molecule has 0 aromatic heterocycles. The molecular formula is C20H30ClN3O2. The Balaban J connectivity index is 1.87. The van der Waals surface area contributed by atoms with Crippen molar-refractivity contribution >= 4 is 23.3 Å². The molecule has 1 aromatic carbocycles. The summed E-state index contributed by atoms with van der Waals surface area (Å²) >= 11 is 6.06. The molecule has 0 saturated carbocycles. The van der Waals surface area contributed by atoms with Crippen LogP contribution >= 0.6 is 11.6 Å². The molecule has 0 N–H and O–H groups in total. The highest BCUT2D eigenvalue weighted by molar-refractivity contribution is 6.34.